The van der Waals surface area contributed by atoms with Crippen LogP contribution < -0.4 is 0 Å². The summed E-state index contributed by atoms with van der Waals surface area (Å²) in [4.78, 5) is 0. The highest BCUT2D eigenvalue weighted by Crippen LogP contribution is 2.59. The summed E-state index contributed by atoms with van der Waals surface area (Å²) in [6.45, 7) is 8.83. The molecule has 3 heteroatoms. The van der Waals surface area contributed by atoms with Gasteiger partial charge < -0.3 is 15.3 Å². The molecule has 29 heavy (non-hydrogen) atoms. The SMILES string of the molecule is C[C@H](CCCC(C)(C)O)[C@H]1CC[C@H]2/C(=C/C=C3/CC[C@H](O)[C@H](O)C3)CCC[C@]12C. The van der Waals surface area contributed by atoms with Crippen LogP contribution in [0.5, 0.6) is 0 Å². The molecule has 3 fully saturated rings. The van der Waals surface area contributed by atoms with Gasteiger partial charge in [-0.15, -0.1) is 0 Å². The summed E-state index contributed by atoms with van der Waals surface area (Å²) in [5.74, 6) is 2.21. The second-order valence-electron chi connectivity index (χ2n) is 11.2. The maximum atomic E-state index is 10.0. The van der Waals surface area contributed by atoms with E-state index in [0.29, 0.717) is 24.2 Å². The zero-order valence-electron chi connectivity index (χ0n) is 19.2. The van der Waals surface area contributed by atoms with Gasteiger partial charge in [-0.3, -0.25) is 0 Å². The fourth-order valence-electron chi connectivity index (χ4n) is 6.68. The van der Waals surface area contributed by atoms with E-state index in [1.807, 2.05) is 13.8 Å². The van der Waals surface area contributed by atoms with Gasteiger partial charge in [-0.05, 0) is 94.8 Å². The molecule has 0 saturated heterocycles. The number of fused-ring (bicyclic) bond motifs is 1. The Bertz CT molecular complexity index is 614. The van der Waals surface area contributed by atoms with Crippen molar-refractivity contribution in [3.05, 3.63) is 23.3 Å². The minimum atomic E-state index is -0.592. The quantitative estimate of drug-likeness (QED) is 0.545. The van der Waals surface area contributed by atoms with Gasteiger partial charge in [-0.25, -0.2) is 0 Å². The van der Waals surface area contributed by atoms with Gasteiger partial charge in [0.1, 0.15) is 0 Å². The minimum absolute atomic E-state index is 0.416. The van der Waals surface area contributed by atoms with E-state index in [4.69, 9.17) is 0 Å². The molecule has 0 spiro atoms. The molecule has 166 valence electrons. The topological polar surface area (TPSA) is 60.7 Å². The van der Waals surface area contributed by atoms with Crippen LogP contribution in [0.4, 0.5) is 0 Å². The van der Waals surface area contributed by atoms with E-state index in [0.717, 1.165) is 31.1 Å². The Morgan fingerprint density at radius 2 is 1.86 bits per heavy atom. The van der Waals surface area contributed by atoms with Crippen LogP contribution in [0, 0.1) is 23.2 Å². The lowest BCUT2D eigenvalue weighted by Crippen LogP contribution is -2.36. The van der Waals surface area contributed by atoms with E-state index in [2.05, 4.69) is 26.0 Å². The summed E-state index contributed by atoms with van der Waals surface area (Å²) in [6.07, 6.45) is 15.4. The highest BCUT2D eigenvalue weighted by Gasteiger charge is 2.50. The van der Waals surface area contributed by atoms with Crippen molar-refractivity contribution in [1.29, 1.82) is 0 Å². The van der Waals surface area contributed by atoms with Crippen LogP contribution in [-0.4, -0.2) is 33.1 Å². The largest absolute Gasteiger partial charge is 0.390 e. The summed E-state index contributed by atoms with van der Waals surface area (Å²) in [5, 5.41) is 29.7. The highest BCUT2D eigenvalue weighted by molar-refractivity contribution is 5.26. The number of allylic oxidation sites excluding steroid dienone is 3. The lowest BCUT2D eigenvalue weighted by Gasteiger charge is -2.44. The van der Waals surface area contributed by atoms with Crippen LogP contribution in [0.2, 0.25) is 0 Å². The normalized spacial score (nSPS) is 39.7. The van der Waals surface area contributed by atoms with Gasteiger partial charge in [0.2, 0.25) is 0 Å². The summed E-state index contributed by atoms with van der Waals surface area (Å²) < 4.78 is 0. The van der Waals surface area contributed by atoms with Crippen molar-refractivity contribution in [1.82, 2.24) is 0 Å². The van der Waals surface area contributed by atoms with Crippen LogP contribution >= 0.6 is 0 Å². The number of aliphatic hydroxyl groups is 3. The van der Waals surface area contributed by atoms with Crippen LogP contribution in [0.3, 0.4) is 0 Å². The van der Waals surface area contributed by atoms with E-state index >= 15 is 0 Å². The Morgan fingerprint density at radius 3 is 2.55 bits per heavy atom. The van der Waals surface area contributed by atoms with E-state index in [1.54, 1.807) is 5.57 Å². The summed E-state index contributed by atoms with van der Waals surface area (Å²) >= 11 is 0. The summed E-state index contributed by atoms with van der Waals surface area (Å²) in [7, 11) is 0. The molecule has 0 radical (unpaired) electrons. The standard InChI is InChI=1S/C26H44O3/c1-18(7-5-15-25(2,3)29)21-12-13-22-20(8-6-16-26(21,22)4)11-9-19-10-14-23(27)24(28)17-19/h9,11,18,21-24,27-29H,5-8,10,12-17H2,1-4H3/b19-9-,20-11+/t18-,21-,22+,23+,24-,26-/m1/s1. The molecular formula is C26H44O3. The molecule has 3 N–H and O–H groups in total. The zero-order valence-corrected chi connectivity index (χ0v) is 19.2. The number of hydrogen-bond acceptors (Lipinski definition) is 3. The van der Waals surface area contributed by atoms with Crippen molar-refractivity contribution in [2.75, 3.05) is 0 Å². The van der Waals surface area contributed by atoms with Gasteiger partial charge in [-0.1, -0.05) is 50.0 Å². The fourth-order valence-corrected chi connectivity index (χ4v) is 6.68. The monoisotopic (exact) mass is 404 g/mol. The molecule has 0 heterocycles. The number of rotatable bonds is 6. The first-order chi connectivity index (χ1) is 13.6. The molecule has 3 rings (SSSR count). The molecule has 3 aliphatic carbocycles. The van der Waals surface area contributed by atoms with Gasteiger partial charge in [0.25, 0.3) is 0 Å². The first-order valence-electron chi connectivity index (χ1n) is 12.1. The van der Waals surface area contributed by atoms with E-state index in [9.17, 15) is 15.3 Å². The summed E-state index contributed by atoms with van der Waals surface area (Å²) in [6, 6.07) is 0. The van der Waals surface area contributed by atoms with Crippen molar-refractivity contribution < 1.29 is 15.3 Å². The van der Waals surface area contributed by atoms with Crippen LogP contribution in [0.1, 0.15) is 98.3 Å². The maximum absolute atomic E-state index is 10.0. The third-order valence-corrected chi connectivity index (χ3v) is 8.38. The number of hydrogen-bond donors (Lipinski definition) is 3. The molecule has 0 aliphatic heterocycles. The highest BCUT2D eigenvalue weighted by atomic mass is 16.3. The van der Waals surface area contributed by atoms with Gasteiger partial charge in [0.15, 0.2) is 0 Å². The Hall–Kier alpha value is -0.640. The fraction of sp³-hybridized carbons (Fsp3) is 0.846. The minimum Gasteiger partial charge on any atom is -0.390 e. The molecule has 3 nitrogen and oxygen atoms in total. The molecule has 6 atom stereocenters. The van der Waals surface area contributed by atoms with Crippen molar-refractivity contribution >= 4 is 0 Å². The molecular weight excluding hydrogens is 360 g/mol. The first kappa shape index (κ1) is 23.0. The molecule has 0 aromatic carbocycles. The van der Waals surface area contributed by atoms with Crippen LogP contribution in [-0.2, 0) is 0 Å². The van der Waals surface area contributed by atoms with Crippen molar-refractivity contribution in [3.63, 3.8) is 0 Å². The van der Waals surface area contributed by atoms with E-state index in [1.165, 1.54) is 44.1 Å². The maximum Gasteiger partial charge on any atom is 0.0836 e. The number of aliphatic hydroxyl groups excluding tert-OH is 2. The predicted molar refractivity (Wildman–Crippen MR) is 120 cm³/mol. The van der Waals surface area contributed by atoms with Crippen molar-refractivity contribution in [2.45, 2.75) is 116 Å². The molecule has 3 aliphatic rings. The van der Waals surface area contributed by atoms with Gasteiger partial charge in [-0.2, -0.15) is 0 Å². The Morgan fingerprint density at radius 1 is 1.10 bits per heavy atom. The van der Waals surface area contributed by atoms with Gasteiger partial charge >= 0.3 is 0 Å². The van der Waals surface area contributed by atoms with Crippen LogP contribution in [0.25, 0.3) is 0 Å². The third kappa shape index (κ3) is 5.54. The zero-order chi connectivity index (χ0) is 21.2. The molecule has 0 unspecified atom stereocenters. The molecule has 0 aromatic rings. The lowest BCUT2D eigenvalue weighted by molar-refractivity contribution is 0.00411. The second kappa shape index (κ2) is 9.24. The van der Waals surface area contributed by atoms with Crippen LogP contribution in [0.15, 0.2) is 23.3 Å². The van der Waals surface area contributed by atoms with E-state index < -0.39 is 17.8 Å². The lowest BCUT2D eigenvalue weighted by atomic mass is 9.60. The third-order valence-electron chi connectivity index (χ3n) is 8.38. The Balaban J connectivity index is 1.65. The molecule has 0 amide bonds. The Labute approximate surface area is 178 Å². The smallest absolute Gasteiger partial charge is 0.0836 e. The van der Waals surface area contributed by atoms with Gasteiger partial charge in [0, 0.05) is 0 Å². The van der Waals surface area contributed by atoms with Crippen molar-refractivity contribution in [2.24, 2.45) is 23.2 Å². The predicted octanol–water partition coefficient (Wildman–Crippen LogP) is 5.54. The first-order valence-corrected chi connectivity index (χ1v) is 12.1. The summed E-state index contributed by atoms with van der Waals surface area (Å²) in [5.41, 5.74) is 2.79. The average Bonchev–Trinajstić information content (AvgIpc) is 2.99. The molecule has 0 aromatic heterocycles. The van der Waals surface area contributed by atoms with Crippen molar-refractivity contribution in [3.8, 4) is 0 Å². The van der Waals surface area contributed by atoms with Gasteiger partial charge in [0.05, 0.1) is 17.8 Å². The Kier molecular flexibility index (Phi) is 7.34. The average molecular weight is 405 g/mol. The van der Waals surface area contributed by atoms with E-state index in [-0.39, 0.29) is 0 Å². The second-order valence-corrected chi connectivity index (χ2v) is 11.2. The molecule has 3 saturated carbocycles. The molecule has 0 bridgehead atoms.